The Morgan fingerprint density at radius 2 is 1.83 bits per heavy atom. The average Bonchev–Trinajstić information content (AvgIpc) is 2.74. The van der Waals surface area contributed by atoms with Crippen molar-refractivity contribution in [2.45, 2.75) is 38.9 Å². The van der Waals surface area contributed by atoms with Crippen molar-refractivity contribution in [1.29, 1.82) is 0 Å². The maximum atomic E-state index is 12.9. The number of aliphatic hydroxyl groups is 1. The second-order valence-corrected chi connectivity index (χ2v) is 7.54. The van der Waals surface area contributed by atoms with Crippen LogP contribution in [0.15, 0.2) is 54.6 Å². The third-order valence-electron chi connectivity index (χ3n) is 5.54. The number of aliphatic carboxylic acids is 1. The highest BCUT2D eigenvalue weighted by Gasteiger charge is 2.49. The zero-order valence-electron chi connectivity index (χ0n) is 16.6. The fraction of sp³-hybridized carbons (Fsp3) is 0.391. The molecule has 1 fully saturated rings. The van der Waals surface area contributed by atoms with Crippen LogP contribution in [0.2, 0.25) is 0 Å². The van der Waals surface area contributed by atoms with Crippen LogP contribution >= 0.6 is 0 Å². The molecule has 0 aliphatic carbocycles. The third kappa shape index (κ3) is 4.59. The number of likely N-dealkylation sites (tertiary alicyclic amines) is 1. The molecule has 2 atom stereocenters. The molecule has 0 saturated carbocycles. The van der Waals surface area contributed by atoms with E-state index in [0.717, 1.165) is 11.3 Å². The molecule has 0 aromatic heterocycles. The fourth-order valence-electron chi connectivity index (χ4n) is 3.87. The number of carboxylic acid groups (broad SMARTS) is 1. The Balaban J connectivity index is 1.67. The van der Waals surface area contributed by atoms with Gasteiger partial charge in [0.2, 0.25) is 0 Å². The molecule has 0 radical (unpaired) electrons. The smallest absolute Gasteiger partial charge is 0.314 e. The molecule has 29 heavy (non-hydrogen) atoms. The molecular weight excluding hydrogens is 370 g/mol. The summed E-state index contributed by atoms with van der Waals surface area (Å²) >= 11 is 0. The van der Waals surface area contributed by atoms with Crippen LogP contribution in [0.4, 0.5) is 0 Å². The summed E-state index contributed by atoms with van der Waals surface area (Å²) in [7, 11) is 0. The molecular formula is C23H27NO5. The molecule has 1 saturated heterocycles. The monoisotopic (exact) mass is 397 g/mol. The van der Waals surface area contributed by atoms with Gasteiger partial charge in [0.15, 0.2) is 0 Å². The lowest BCUT2D eigenvalue weighted by molar-refractivity contribution is -0.162. The summed E-state index contributed by atoms with van der Waals surface area (Å²) in [4.78, 5) is 26.4. The number of ether oxygens (including phenoxy) is 1. The van der Waals surface area contributed by atoms with Crippen LogP contribution in [0.25, 0.3) is 0 Å². The highest BCUT2D eigenvalue weighted by atomic mass is 16.5. The molecule has 1 amide bonds. The Morgan fingerprint density at radius 1 is 1.14 bits per heavy atom. The van der Waals surface area contributed by atoms with Gasteiger partial charge in [-0.3, -0.25) is 9.59 Å². The van der Waals surface area contributed by atoms with Gasteiger partial charge in [0.25, 0.3) is 5.91 Å². The second-order valence-electron chi connectivity index (χ2n) is 7.54. The van der Waals surface area contributed by atoms with Crippen molar-refractivity contribution in [2.24, 2.45) is 5.41 Å². The molecule has 3 rings (SSSR count). The highest BCUT2D eigenvalue weighted by Crippen LogP contribution is 2.36. The molecule has 0 spiro atoms. The van der Waals surface area contributed by atoms with E-state index in [1.165, 1.54) is 0 Å². The van der Waals surface area contributed by atoms with E-state index in [4.69, 9.17) is 4.74 Å². The van der Waals surface area contributed by atoms with Crippen LogP contribution in [-0.2, 0) is 11.4 Å². The van der Waals surface area contributed by atoms with E-state index in [0.29, 0.717) is 31.6 Å². The summed E-state index contributed by atoms with van der Waals surface area (Å²) in [5, 5.41) is 20.1. The number of carbonyl (C=O) groups is 2. The van der Waals surface area contributed by atoms with Crippen LogP contribution in [0.1, 0.15) is 42.1 Å². The Labute approximate surface area is 170 Å². The van der Waals surface area contributed by atoms with Gasteiger partial charge in [0, 0.05) is 18.7 Å². The first-order valence-corrected chi connectivity index (χ1v) is 9.94. The molecule has 2 aromatic carbocycles. The molecule has 2 N–H and O–H groups in total. The van der Waals surface area contributed by atoms with E-state index < -0.39 is 17.5 Å². The number of benzene rings is 2. The summed E-state index contributed by atoms with van der Waals surface area (Å²) in [6.07, 6.45) is 0.285. The Bertz CT molecular complexity index is 836. The normalized spacial score (nSPS) is 21.6. The van der Waals surface area contributed by atoms with Crippen LogP contribution < -0.4 is 4.74 Å². The standard InChI is InChI=1S/C23H27NO5/c1-2-13-23(22(27)28)16-24(14-12-20(23)25)21(26)18-10-8-17(9-11-18)15-29-19-6-4-3-5-7-19/h3-11,20,25H,2,12-16H2,1H3,(H,27,28)/t20-,23-/m1/s1. The van der Waals surface area contributed by atoms with Crippen molar-refractivity contribution >= 4 is 11.9 Å². The minimum absolute atomic E-state index is 0.0229. The topological polar surface area (TPSA) is 87.1 Å². The highest BCUT2D eigenvalue weighted by molar-refractivity contribution is 5.94. The summed E-state index contributed by atoms with van der Waals surface area (Å²) in [5.74, 6) is -0.479. The summed E-state index contributed by atoms with van der Waals surface area (Å²) in [5.41, 5.74) is 0.137. The zero-order chi connectivity index (χ0) is 20.9. The molecule has 6 heteroatoms. The maximum Gasteiger partial charge on any atom is 0.314 e. The lowest BCUT2D eigenvalue weighted by Crippen LogP contribution is -2.57. The summed E-state index contributed by atoms with van der Waals surface area (Å²) in [6.45, 7) is 2.65. The predicted molar refractivity (Wildman–Crippen MR) is 109 cm³/mol. The molecule has 0 unspecified atom stereocenters. The first kappa shape index (κ1) is 20.9. The number of rotatable bonds is 7. The van der Waals surface area contributed by atoms with Gasteiger partial charge in [-0.2, -0.15) is 0 Å². The quantitative estimate of drug-likeness (QED) is 0.748. The number of aliphatic hydroxyl groups excluding tert-OH is 1. The van der Waals surface area contributed by atoms with Gasteiger partial charge in [0.05, 0.1) is 6.10 Å². The van der Waals surface area contributed by atoms with E-state index in [-0.39, 0.29) is 18.9 Å². The van der Waals surface area contributed by atoms with Crippen LogP contribution in [0, 0.1) is 5.41 Å². The van der Waals surface area contributed by atoms with E-state index in [1.807, 2.05) is 49.4 Å². The lowest BCUT2D eigenvalue weighted by atomic mass is 9.74. The number of hydrogen-bond acceptors (Lipinski definition) is 4. The molecule has 1 heterocycles. The van der Waals surface area contributed by atoms with E-state index >= 15 is 0 Å². The van der Waals surface area contributed by atoms with Crippen LogP contribution in [0.5, 0.6) is 5.75 Å². The van der Waals surface area contributed by atoms with Gasteiger partial charge < -0.3 is 19.8 Å². The fourth-order valence-corrected chi connectivity index (χ4v) is 3.87. The average molecular weight is 397 g/mol. The first-order chi connectivity index (χ1) is 14.0. The minimum atomic E-state index is -1.30. The van der Waals surface area contributed by atoms with Gasteiger partial charge in [-0.15, -0.1) is 0 Å². The zero-order valence-corrected chi connectivity index (χ0v) is 16.6. The lowest BCUT2D eigenvalue weighted by Gasteiger charge is -2.43. The van der Waals surface area contributed by atoms with Gasteiger partial charge in [-0.25, -0.2) is 0 Å². The van der Waals surface area contributed by atoms with Crippen molar-refractivity contribution in [2.75, 3.05) is 13.1 Å². The van der Waals surface area contributed by atoms with Gasteiger partial charge >= 0.3 is 5.97 Å². The number of hydrogen-bond donors (Lipinski definition) is 2. The number of carboxylic acids is 1. The van der Waals surface area contributed by atoms with Crippen LogP contribution in [-0.4, -0.2) is 46.2 Å². The number of amides is 1. The van der Waals surface area contributed by atoms with Crippen molar-refractivity contribution in [3.8, 4) is 5.75 Å². The summed E-state index contributed by atoms with van der Waals surface area (Å²) in [6, 6.07) is 16.6. The number of carbonyl (C=O) groups excluding carboxylic acids is 1. The summed E-state index contributed by atoms with van der Waals surface area (Å²) < 4.78 is 5.71. The Kier molecular flexibility index (Phi) is 6.54. The number of piperidine rings is 1. The van der Waals surface area contributed by atoms with Crippen molar-refractivity contribution in [1.82, 2.24) is 4.90 Å². The second kappa shape index (κ2) is 9.09. The van der Waals surface area contributed by atoms with E-state index in [2.05, 4.69) is 0 Å². The predicted octanol–water partition coefficient (Wildman–Crippen LogP) is 3.34. The molecule has 0 bridgehead atoms. The molecule has 1 aliphatic rings. The van der Waals surface area contributed by atoms with Crippen molar-refractivity contribution in [3.63, 3.8) is 0 Å². The number of nitrogens with zero attached hydrogens (tertiary/aromatic N) is 1. The van der Waals surface area contributed by atoms with Gasteiger partial charge in [-0.1, -0.05) is 43.7 Å². The third-order valence-corrected chi connectivity index (χ3v) is 5.54. The van der Waals surface area contributed by atoms with Gasteiger partial charge in [-0.05, 0) is 42.7 Å². The molecule has 6 nitrogen and oxygen atoms in total. The Morgan fingerprint density at radius 3 is 2.45 bits per heavy atom. The molecule has 154 valence electrons. The number of para-hydroxylation sites is 1. The molecule has 2 aromatic rings. The van der Waals surface area contributed by atoms with Gasteiger partial charge in [0.1, 0.15) is 17.8 Å². The van der Waals surface area contributed by atoms with E-state index in [1.54, 1.807) is 17.0 Å². The minimum Gasteiger partial charge on any atom is -0.489 e. The Hall–Kier alpha value is -2.86. The van der Waals surface area contributed by atoms with Crippen molar-refractivity contribution in [3.05, 3.63) is 65.7 Å². The van der Waals surface area contributed by atoms with Crippen LogP contribution in [0.3, 0.4) is 0 Å². The SMILES string of the molecule is CCC[C@@]1(C(=O)O)CN(C(=O)c2ccc(COc3ccccc3)cc2)CC[C@H]1O. The van der Waals surface area contributed by atoms with Crippen molar-refractivity contribution < 1.29 is 24.5 Å². The first-order valence-electron chi connectivity index (χ1n) is 9.94. The largest absolute Gasteiger partial charge is 0.489 e. The maximum absolute atomic E-state index is 12.9. The van der Waals surface area contributed by atoms with E-state index in [9.17, 15) is 19.8 Å². The molecule has 1 aliphatic heterocycles.